The zero-order chi connectivity index (χ0) is 9.14. The molecule has 0 N–H and O–H groups in total. The first-order valence-corrected chi connectivity index (χ1v) is 4.37. The molecule has 3 heteroatoms. The van der Waals surface area contributed by atoms with Crippen LogP contribution >= 0.6 is 15.9 Å². The molecule has 0 saturated carbocycles. The molecular formula is C9H8BrO2. The first kappa shape index (κ1) is 9.26. The lowest BCUT2D eigenvalue weighted by Gasteiger charge is -2.04. The lowest BCUT2D eigenvalue weighted by Crippen LogP contribution is -2.05. The normalized spacial score (nSPS) is 12.5. The molecule has 0 amide bonds. The molecule has 2 nitrogen and oxygen atoms in total. The van der Waals surface area contributed by atoms with Gasteiger partial charge in [-0.3, -0.25) is 0 Å². The van der Waals surface area contributed by atoms with Crippen LogP contribution in [0.25, 0.3) is 0 Å². The predicted octanol–water partition coefficient (Wildman–Crippen LogP) is 2.51. The molecule has 1 atom stereocenters. The Morgan fingerprint density at radius 2 is 2.17 bits per heavy atom. The van der Waals surface area contributed by atoms with Gasteiger partial charge in [-0.15, -0.1) is 0 Å². The van der Waals surface area contributed by atoms with Gasteiger partial charge in [0.1, 0.15) is 0 Å². The Labute approximate surface area is 79.3 Å². The second-order valence-corrected chi connectivity index (χ2v) is 3.51. The van der Waals surface area contributed by atoms with E-state index in [9.17, 15) is 9.90 Å². The SMILES string of the molecule is CC(C([O])=O)c1cccc(Br)c1. The number of hydrogen-bond acceptors (Lipinski definition) is 1. The van der Waals surface area contributed by atoms with E-state index in [4.69, 9.17) is 0 Å². The monoisotopic (exact) mass is 227 g/mol. The van der Waals surface area contributed by atoms with Crippen molar-refractivity contribution < 1.29 is 9.90 Å². The van der Waals surface area contributed by atoms with Gasteiger partial charge in [0.2, 0.25) is 0 Å². The third kappa shape index (κ3) is 2.08. The van der Waals surface area contributed by atoms with Gasteiger partial charge in [0.05, 0.1) is 5.92 Å². The first-order valence-electron chi connectivity index (χ1n) is 3.57. The van der Waals surface area contributed by atoms with E-state index in [0.717, 1.165) is 10.0 Å². The van der Waals surface area contributed by atoms with Crippen molar-refractivity contribution in [2.24, 2.45) is 0 Å². The number of halogens is 1. The number of rotatable bonds is 2. The van der Waals surface area contributed by atoms with Crippen LogP contribution in [0, 0.1) is 0 Å². The molecule has 0 aliphatic carbocycles. The molecule has 0 saturated heterocycles. The smallest absolute Gasteiger partial charge is 0.247 e. The molecule has 63 valence electrons. The van der Waals surface area contributed by atoms with Crippen LogP contribution < -0.4 is 0 Å². The van der Waals surface area contributed by atoms with E-state index in [1.54, 1.807) is 25.1 Å². The molecule has 0 aliphatic heterocycles. The summed E-state index contributed by atoms with van der Waals surface area (Å²) in [5.74, 6) is -1.60. The van der Waals surface area contributed by atoms with Gasteiger partial charge in [0.25, 0.3) is 0 Å². The lowest BCUT2D eigenvalue weighted by molar-refractivity contribution is -0.144. The largest absolute Gasteiger partial charge is 0.362 e. The second kappa shape index (κ2) is 3.72. The van der Waals surface area contributed by atoms with Crippen LogP contribution in [0.15, 0.2) is 28.7 Å². The molecule has 0 aliphatic rings. The summed E-state index contributed by atoms with van der Waals surface area (Å²) in [7, 11) is 0. The number of benzene rings is 1. The van der Waals surface area contributed by atoms with Gasteiger partial charge in [0.15, 0.2) is 0 Å². The van der Waals surface area contributed by atoms with Crippen molar-refractivity contribution in [2.75, 3.05) is 0 Å². The Bertz CT molecular complexity index is 296. The molecule has 0 fully saturated rings. The zero-order valence-electron chi connectivity index (χ0n) is 6.58. The average Bonchev–Trinajstić information content (AvgIpc) is 2.03. The van der Waals surface area contributed by atoms with Crippen molar-refractivity contribution in [3.05, 3.63) is 34.3 Å². The maximum Gasteiger partial charge on any atom is 0.362 e. The summed E-state index contributed by atoms with van der Waals surface area (Å²) in [6.07, 6.45) is 0. The van der Waals surface area contributed by atoms with Crippen LogP contribution in [0.2, 0.25) is 0 Å². The topological polar surface area (TPSA) is 37.0 Å². The van der Waals surface area contributed by atoms with Crippen molar-refractivity contribution in [3.8, 4) is 0 Å². The highest BCUT2D eigenvalue weighted by molar-refractivity contribution is 9.10. The minimum atomic E-state index is -1.05. The van der Waals surface area contributed by atoms with Crippen LogP contribution in [0.4, 0.5) is 0 Å². The Kier molecular flexibility index (Phi) is 2.87. The molecule has 0 heterocycles. The molecule has 1 aromatic rings. The number of hydrogen-bond donors (Lipinski definition) is 0. The molecular weight excluding hydrogens is 220 g/mol. The van der Waals surface area contributed by atoms with Gasteiger partial charge in [-0.2, -0.15) is 0 Å². The van der Waals surface area contributed by atoms with Gasteiger partial charge < -0.3 is 0 Å². The number of carbonyl (C=O) groups excluding carboxylic acids is 1. The Hall–Kier alpha value is -0.830. The highest BCUT2D eigenvalue weighted by Crippen LogP contribution is 2.19. The van der Waals surface area contributed by atoms with Gasteiger partial charge >= 0.3 is 5.97 Å². The van der Waals surface area contributed by atoms with Crippen LogP contribution in [0.5, 0.6) is 0 Å². The van der Waals surface area contributed by atoms with E-state index in [2.05, 4.69) is 15.9 Å². The summed E-state index contributed by atoms with van der Waals surface area (Å²) in [5.41, 5.74) is 0.754. The minimum absolute atomic E-state index is 0.553. The second-order valence-electron chi connectivity index (χ2n) is 2.60. The van der Waals surface area contributed by atoms with Crippen molar-refractivity contribution in [1.82, 2.24) is 0 Å². The zero-order valence-corrected chi connectivity index (χ0v) is 8.17. The van der Waals surface area contributed by atoms with Gasteiger partial charge in [-0.1, -0.05) is 28.1 Å². The van der Waals surface area contributed by atoms with Gasteiger partial charge in [-0.05, 0) is 24.6 Å². The molecule has 0 spiro atoms. The third-order valence-electron chi connectivity index (χ3n) is 1.70. The van der Waals surface area contributed by atoms with E-state index in [1.165, 1.54) is 0 Å². The summed E-state index contributed by atoms with van der Waals surface area (Å²) in [6.45, 7) is 1.61. The summed E-state index contributed by atoms with van der Waals surface area (Å²) >= 11 is 3.27. The first-order chi connectivity index (χ1) is 5.61. The van der Waals surface area contributed by atoms with Gasteiger partial charge in [-0.25, -0.2) is 9.90 Å². The third-order valence-corrected chi connectivity index (χ3v) is 2.20. The van der Waals surface area contributed by atoms with E-state index >= 15 is 0 Å². The molecule has 0 bridgehead atoms. The fourth-order valence-electron chi connectivity index (χ4n) is 0.912. The highest BCUT2D eigenvalue weighted by atomic mass is 79.9. The summed E-state index contributed by atoms with van der Waals surface area (Å²) in [4.78, 5) is 10.5. The number of carbonyl (C=O) groups is 1. The van der Waals surface area contributed by atoms with Crippen molar-refractivity contribution in [3.63, 3.8) is 0 Å². The molecule has 1 rings (SSSR count). The Balaban J connectivity index is 2.95. The molecule has 12 heavy (non-hydrogen) atoms. The minimum Gasteiger partial charge on any atom is -0.247 e. The maximum atomic E-state index is 10.5. The summed E-state index contributed by atoms with van der Waals surface area (Å²) in [5, 5.41) is 10.5. The fourth-order valence-corrected chi connectivity index (χ4v) is 1.33. The molecule has 1 radical (unpaired) electrons. The van der Waals surface area contributed by atoms with Gasteiger partial charge in [0, 0.05) is 4.47 Å². The van der Waals surface area contributed by atoms with Crippen LogP contribution in [0.1, 0.15) is 18.4 Å². The van der Waals surface area contributed by atoms with Crippen LogP contribution in [-0.4, -0.2) is 5.97 Å². The molecule has 1 unspecified atom stereocenters. The lowest BCUT2D eigenvalue weighted by atomic mass is 10.0. The summed E-state index contributed by atoms with van der Waals surface area (Å²) < 4.78 is 0.883. The molecule has 0 aromatic heterocycles. The van der Waals surface area contributed by atoms with E-state index in [1.807, 2.05) is 6.07 Å². The van der Waals surface area contributed by atoms with Crippen molar-refractivity contribution in [1.29, 1.82) is 0 Å². The van der Waals surface area contributed by atoms with Crippen LogP contribution in [-0.2, 0) is 9.90 Å². The maximum absolute atomic E-state index is 10.5. The standard InChI is InChI=1S/C9H8BrO2/c1-6(9(11)12)7-3-2-4-8(10)5-7/h2-6H,1H3. The van der Waals surface area contributed by atoms with Crippen LogP contribution in [0.3, 0.4) is 0 Å². The van der Waals surface area contributed by atoms with E-state index in [-0.39, 0.29) is 0 Å². The fraction of sp³-hybridized carbons (Fsp3) is 0.222. The van der Waals surface area contributed by atoms with E-state index < -0.39 is 11.9 Å². The molecule has 1 aromatic carbocycles. The Morgan fingerprint density at radius 3 is 2.67 bits per heavy atom. The quantitative estimate of drug-likeness (QED) is 0.766. The summed E-state index contributed by atoms with van der Waals surface area (Å²) in [6, 6.07) is 7.20. The predicted molar refractivity (Wildman–Crippen MR) is 48.3 cm³/mol. The highest BCUT2D eigenvalue weighted by Gasteiger charge is 2.14. The Morgan fingerprint density at radius 1 is 1.50 bits per heavy atom. The van der Waals surface area contributed by atoms with Crippen molar-refractivity contribution in [2.45, 2.75) is 12.8 Å². The average molecular weight is 228 g/mol. The van der Waals surface area contributed by atoms with E-state index in [0.29, 0.717) is 0 Å². The van der Waals surface area contributed by atoms with Crippen molar-refractivity contribution >= 4 is 21.9 Å².